The molecule has 0 unspecified atom stereocenters. The summed E-state index contributed by atoms with van der Waals surface area (Å²) < 4.78 is 37.2. The van der Waals surface area contributed by atoms with E-state index in [1.165, 1.54) is 6.92 Å². The maximum atomic E-state index is 12.4. The lowest BCUT2D eigenvalue weighted by Gasteiger charge is -2.19. The number of carbonyl (C=O) groups excluding carboxylic acids is 2. The van der Waals surface area contributed by atoms with E-state index >= 15 is 0 Å². The molecular weight excluding hydrogens is 327 g/mol. The number of rotatable bonds is 11. The van der Waals surface area contributed by atoms with Gasteiger partial charge in [0.25, 0.3) is 0 Å². The summed E-state index contributed by atoms with van der Waals surface area (Å²) in [5, 5.41) is 0. The van der Waals surface area contributed by atoms with Crippen LogP contribution in [-0.4, -0.2) is 38.4 Å². The molecule has 9 heteroatoms. The van der Waals surface area contributed by atoms with Crippen LogP contribution in [0.3, 0.4) is 0 Å². The zero-order chi connectivity index (χ0) is 17.9. The Morgan fingerprint density at radius 2 is 1.39 bits per heavy atom. The summed E-state index contributed by atoms with van der Waals surface area (Å²) in [6.07, 6.45) is -0.364. The lowest BCUT2D eigenvalue weighted by atomic mass is 10.1. The van der Waals surface area contributed by atoms with Crippen molar-refractivity contribution in [1.29, 1.82) is 0 Å². The Hall–Kier alpha value is -1.37. The molecule has 0 atom stereocenters. The molecule has 0 saturated carbocycles. The second kappa shape index (κ2) is 11.2. The van der Waals surface area contributed by atoms with Gasteiger partial charge < -0.3 is 14.0 Å². The quantitative estimate of drug-likeness (QED) is 0.242. The Morgan fingerprint density at radius 1 is 0.870 bits per heavy atom. The molecule has 0 amide bonds. The van der Waals surface area contributed by atoms with Gasteiger partial charge in [-0.2, -0.15) is 0 Å². The highest BCUT2D eigenvalue weighted by Gasteiger charge is 2.30. The summed E-state index contributed by atoms with van der Waals surface area (Å²) >= 11 is 0. The van der Waals surface area contributed by atoms with Gasteiger partial charge in [0.2, 0.25) is 0 Å². The number of carbonyl (C=O) groups is 2. The Balaban J connectivity index is 5.43. The summed E-state index contributed by atoms with van der Waals surface area (Å²) in [5.41, 5.74) is -0.0927. The Labute approximate surface area is 136 Å². The molecule has 0 saturated heterocycles. The molecule has 0 aromatic rings. The lowest BCUT2D eigenvalue weighted by Crippen LogP contribution is -2.16. The van der Waals surface area contributed by atoms with E-state index in [0.29, 0.717) is 0 Å². The van der Waals surface area contributed by atoms with Gasteiger partial charge in [0.1, 0.15) is 5.76 Å². The highest BCUT2D eigenvalue weighted by atomic mass is 31.2. The van der Waals surface area contributed by atoms with Crippen molar-refractivity contribution in [3.8, 4) is 0 Å². The number of esters is 2. The van der Waals surface area contributed by atoms with Crippen molar-refractivity contribution >= 4 is 19.8 Å². The predicted octanol–water partition coefficient (Wildman–Crippen LogP) is 2.97. The molecule has 134 valence electrons. The van der Waals surface area contributed by atoms with Crippen LogP contribution in [0.15, 0.2) is 11.3 Å². The minimum Gasteiger partial charge on any atom is -0.466 e. The van der Waals surface area contributed by atoms with Crippen molar-refractivity contribution in [2.75, 3.05) is 26.4 Å². The van der Waals surface area contributed by atoms with Crippen LogP contribution in [0.4, 0.5) is 0 Å². The van der Waals surface area contributed by atoms with E-state index in [9.17, 15) is 14.2 Å². The number of phosphoric ester groups is 1. The van der Waals surface area contributed by atoms with Crippen LogP contribution >= 0.6 is 7.82 Å². The molecule has 0 rings (SSSR count). The van der Waals surface area contributed by atoms with Gasteiger partial charge in [0.05, 0.1) is 38.4 Å². The molecule has 0 aliphatic rings. The fraction of sp³-hybridized carbons (Fsp3) is 0.714. The average Bonchev–Trinajstić information content (AvgIpc) is 2.45. The van der Waals surface area contributed by atoms with E-state index in [0.717, 1.165) is 0 Å². The van der Waals surface area contributed by atoms with Crippen LogP contribution in [0, 0.1) is 0 Å². The number of hydrogen-bond donors (Lipinski definition) is 0. The van der Waals surface area contributed by atoms with E-state index in [2.05, 4.69) is 0 Å². The van der Waals surface area contributed by atoms with Gasteiger partial charge >= 0.3 is 19.8 Å². The first-order valence-electron chi connectivity index (χ1n) is 7.44. The number of hydrogen-bond acceptors (Lipinski definition) is 8. The summed E-state index contributed by atoms with van der Waals surface area (Å²) in [5.74, 6) is -1.44. The molecule has 0 spiro atoms. The maximum absolute atomic E-state index is 12.4. The predicted molar refractivity (Wildman–Crippen MR) is 82.5 cm³/mol. The highest BCUT2D eigenvalue weighted by Crippen LogP contribution is 2.51. The highest BCUT2D eigenvalue weighted by molar-refractivity contribution is 7.48. The van der Waals surface area contributed by atoms with Crippen LogP contribution in [0.5, 0.6) is 0 Å². The molecule has 0 heterocycles. The van der Waals surface area contributed by atoms with Crippen molar-refractivity contribution in [2.45, 2.75) is 41.0 Å². The third-order valence-electron chi connectivity index (χ3n) is 2.40. The molecular formula is C14H25O8P. The average molecular weight is 352 g/mol. The zero-order valence-corrected chi connectivity index (χ0v) is 15.1. The van der Waals surface area contributed by atoms with Gasteiger partial charge in [0, 0.05) is 0 Å². The number of ether oxygens (including phenoxy) is 2. The van der Waals surface area contributed by atoms with Crippen molar-refractivity contribution in [3.63, 3.8) is 0 Å². The smallest absolute Gasteiger partial charge is 0.466 e. The van der Waals surface area contributed by atoms with Gasteiger partial charge in [-0.25, -0.2) is 9.36 Å². The molecule has 23 heavy (non-hydrogen) atoms. The minimum absolute atomic E-state index is 0.0678. The van der Waals surface area contributed by atoms with Gasteiger partial charge in [-0.05, 0) is 34.6 Å². The molecule has 0 aromatic carbocycles. The Bertz CT molecular complexity index is 461. The Morgan fingerprint density at radius 3 is 1.83 bits per heavy atom. The summed E-state index contributed by atoms with van der Waals surface area (Å²) in [6, 6.07) is 0. The van der Waals surface area contributed by atoms with Crippen LogP contribution < -0.4 is 0 Å². The van der Waals surface area contributed by atoms with Gasteiger partial charge in [0.15, 0.2) is 0 Å². The monoisotopic (exact) mass is 352 g/mol. The molecule has 0 aromatic heterocycles. The number of phosphoric acid groups is 1. The first-order valence-corrected chi connectivity index (χ1v) is 8.90. The molecule has 0 bridgehead atoms. The fourth-order valence-corrected chi connectivity index (χ4v) is 2.80. The topological polar surface area (TPSA) is 97.4 Å². The summed E-state index contributed by atoms with van der Waals surface area (Å²) in [7, 11) is -3.86. The third kappa shape index (κ3) is 8.16. The lowest BCUT2D eigenvalue weighted by molar-refractivity contribution is -0.146. The number of allylic oxidation sites excluding steroid dienone is 1. The van der Waals surface area contributed by atoms with E-state index < -0.39 is 19.8 Å². The standard InChI is InChI=1S/C14H25O8P/c1-6-18-13(15)10-12(14(16)19-7-2)11(5)22-23(17,20-8-3)21-9-4/h6-10H2,1-5H3/b12-11+. The zero-order valence-electron chi connectivity index (χ0n) is 14.2. The largest absolute Gasteiger partial charge is 0.529 e. The van der Waals surface area contributed by atoms with Gasteiger partial charge in [-0.1, -0.05) is 0 Å². The van der Waals surface area contributed by atoms with E-state index in [1.807, 2.05) is 0 Å². The van der Waals surface area contributed by atoms with Gasteiger partial charge in [-0.3, -0.25) is 13.8 Å². The van der Waals surface area contributed by atoms with E-state index in [4.69, 9.17) is 23.0 Å². The molecule has 0 fully saturated rings. The molecule has 8 nitrogen and oxygen atoms in total. The normalized spacial score (nSPS) is 12.4. The molecule has 0 N–H and O–H groups in total. The van der Waals surface area contributed by atoms with Crippen LogP contribution in [0.25, 0.3) is 0 Å². The second-order valence-electron chi connectivity index (χ2n) is 4.11. The van der Waals surface area contributed by atoms with E-state index in [1.54, 1.807) is 27.7 Å². The van der Waals surface area contributed by atoms with Crippen molar-refractivity contribution in [2.24, 2.45) is 0 Å². The van der Waals surface area contributed by atoms with E-state index in [-0.39, 0.29) is 44.2 Å². The Kier molecular flexibility index (Phi) is 10.5. The van der Waals surface area contributed by atoms with Crippen molar-refractivity contribution in [3.05, 3.63) is 11.3 Å². The fourth-order valence-electron chi connectivity index (χ4n) is 1.54. The second-order valence-corrected chi connectivity index (χ2v) is 5.70. The van der Waals surface area contributed by atoms with Gasteiger partial charge in [-0.15, -0.1) is 0 Å². The molecule has 0 aliphatic carbocycles. The van der Waals surface area contributed by atoms with Crippen molar-refractivity contribution in [1.82, 2.24) is 0 Å². The minimum atomic E-state index is -3.86. The molecule has 0 radical (unpaired) electrons. The van der Waals surface area contributed by atoms with Crippen LogP contribution in [0.1, 0.15) is 41.0 Å². The van der Waals surface area contributed by atoms with Crippen LogP contribution in [-0.2, 0) is 37.2 Å². The first kappa shape index (κ1) is 21.6. The van der Waals surface area contributed by atoms with Crippen LogP contribution in [0.2, 0.25) is 0 Å². The third-order valence-corrected chi connectivity index (χ3v) is 4.04. The summed E-state index contributed by atoms with van der Waals surface area (Å²) in [6.45, 7) is 8.38. The molecule has 0 aliphatic heterocycles. The van der Waals surface area contributed by atoms with Crippen molar-refractivity contribution < 1.29 is 37.2 Å². The summed E-state index contributed by atoms with van der Waals surface area (Å²) in [4.78, 5) is 23.6. The maximum Gasteiger partial charge on any atom is 0.529 e. The SMILES string of the molecule is CCOC(=O)C/C(C(=O)OCC)=C(/C)OP(=O)(OCC)OCC. The first-order chi connectivity index (χ1) is 10.8.